The molecule has 0 aliphatic carbocycles. The van der Waals surface area contributed by atoms with Gasteiger partial charge in [-0.15, -0.1) is 0 Å². The SMILES string of the molecule is CCOC(CN)[C@H](CN)OCC. The quantitative estimate of drug-likeness (QED) is 0.559. The second-order valence-electron chi connectivity index (χ2n) is 2.46. The van der Waals surface area contributed by atoms with Crippen LogP contribution < -0.4 is 11.5 Å². The van der Waals surface area contributed by atoms with Crippen molar-refractivity contribution < 1.29 is 9.47 Å². The third-order valence-electron chi connectivity index (χ3n) is 1.64. The Bertz CT molecular complexity index is 89.1. The average molecular weight is 176 g/mol. The Morgan fingerprint density at radius 3 is 1.42 bits per heavy atom. The predicted octanol–water partition coefficient (Wildman–Crippen LogP) is -0.286. The van der Waals surface area contributed by atoms with Crippen molar-refractivity contribution in [2.24, 2.45) is 11.5 Å². The minimum absolute atomic E-state index is 0.0695. The lowest BCUT2D eigenvalue weighted by atomic mass is 10.2. The number of ether oxygens (including phenoxy) is 2. The number of nitrogens with two attached hydrogens (primary N) is 2. The van der Waals surface area contributed by atoms with E-state index in [2.05, 4.69) is 0 Å². The zero-order valence-electron chi connectivity index (χ0n) is 7.95. The maximum absolute atomic E-state index is 5.51. The van der Waals surface area contributed by atoms with E-state index in [4.69, 9.17) is 20.9 Å². The molecule has 0 heterocycles. The third kappa shape index (κ3) is 4.01. The van der Waals surface area contributed by atoms with Gasteiger partial charge < -0.3 is 20.9 Å². The molecule has 0 amide bonds. The summed E-state index contributed by atoms with van der Waals surface area (Å²) >= 11 is 0. The fourth-order valence-electron chi connectivity index (χ4n) is 1.08. The van der Waals surface area contributed by atoms with Gasteiger partial charge in [-0.1, -0.05) is 0 Å². The summed E-state index contributed by atoms with van der Waals surface area (Å²) in [6.07, 6.45) is -0.139. The van der Waals surface area contributed by atoms with E-state index in [9.17, 15) is 0 Å². The Morgan fingerprint density at radius 1 is 0.917 bits per heavy atom. The molecule has 74 valence electrons. The lowest BCUT2D eigenvalue weighted by Gasteiger charge is -2.24. The van der Waals surface area contributed by atoms with Crippen molar-refractivity contribution >= 4 is 0 Å². The van der Waals surface area contributed by atoms with Crippen LogP contribution in [0.4, 0.5) is 0 Å². The number of hydrogen-bond donors (Lipinski definition) is 2. The first-order valence-electron chi connectivity index (χ1n) is 4.43. The van der Waals surface area contributed by atoms with E-state index in [-0.39, 0.29) is 12.2 Å². The number of hydrogen-bond acceptors (Lipinski definition) is 4. The van der Waals surface area contributed by atoms with Crippen molar-refractivity contribution in [2.75, 3.05) is 26.3 Å². The molecule has 0 aromatic heterocycles. The molecule has 4 nitrogen and oxygen atoms in total. The summed E-state index contributed by atoms with van der Waals surface area (Å²) in [6.45, 7) is 6.06. The van der Waals surface area contributed by atoms with Crippen molar-refractivity contribution in [3.63, 3.8) is 0 Å². The van der Waals surface area contributed by atoms with Gasteiger partial charge in [0.25, 0.3) is 0 Å². The Hall–Kier alpha value is -0.160. The Morgan fingerprint density at radius 2 is 1.25 bits per heavy atom. The summed E-state index contributed by atoms with van der Waals surface area (Å²) in [5.74, 6) is 0. The monoisotopic (exact) mass is 176 g/mol. The highest BCUT2D eigenvalue weighted by atomic mass is 16.5. The van der Waals surface area contributed by atoms with Gasteiger partial charge in [0.1, 0.15) is 0 Å². The Kier molecular flexibility index (Phi) is 7.39. The summed E-state index contributed by atoms with van der Waals surface area (Å²) < 4.78 is 10.7. The summed E-state index contributed by atoms with van der Waals surface area (Å²) in [6, 6.07) is 0. The van der Waals surface area contributed by atoms with Crippen LogP contribution in [0, 0.1) is 0 Å². The van der Waals surface area contributed by atoms with Gasteiger partial charge in [-0.2, -0.15) is 0 Å². The lowest BCUT2D eigenvalue weighted by molar-refractivity contribution is -0.0575. The van der Waals surface area contributed by atoms with E-state index >= 15 is 0 Å². The highest BCUT2D eigenvalue weighted by Crippen LogP contribution is 2.01. The van der Waals surface area contributed by atoms with E-state index in [0.29, 0.717) is 26.3 Å². The predicted molar refractivity (Wildman–Crippen MR) is 48.9 cm³/mol. The molecule has 0 radical (unpaired) electrons. The fraction of sp³-hybridized carbons (Fsp3) is 1.00. The second-order valence-corrected chi connectivity index (χ2v) is 2.46. The zero-order valence-corrected chi connectivity index (χ0v) is 7.95. The molecule has 12 heavy (non-hydrogen) atoms. The van der Waals surface area contributed by atoms with Gasteiger partial charge in [0.2, 0.25) is 0 Å². The summed E-state index contributed by atoms with van der Waals surface area (Å²) in [7, 11) is 0. The second kappa shape index (κ2) is 7.49. The maximum atomic E-state index is 5.51. The molecule has 0 saturated carbocycles. The largest absolute Gasteiger partial charge is 0.374 e. The fourth-order valence-corrected chi connectivity index (χ4v) is 1.08. The van der Waals surface area contributed by atoms with Gasteiger partial charge in [0, 0.05) is 26.3 Å². The Balaban J connectivity index is 3.84. The molecule has 0 spiro atoms. The van der Waals surface area contributed by atoms with Gasteiger partial charge in [0.15, 0.2) is 0 Å². The Labute approximate surface area is 74.2 Å². The molecule has 4 N–H and O–H groups in total. The van der Waals surface area contributed by atoms with Crippen LogP contribution in [0.2, 0.25) is 0 Å². The first kappa shape index (κ1) is 11.8. The summed E-state index contributed by atoms with van der Waals surface area (Å²) in [5.41, 5.74) is 11.0. The van der Waals surface area contributed by atoms with Gasteiger partial charge in [0.05, 0.1) is 12.2 Å². The van der Waals surface area contributed by atoms with E-state index in [0.717, 1.165) is 0 Å². The minimum Gasteiger partial charge on any atom is -0.374 e. The van der Waals surface area contributed by atoms with Crippen LogP contribution >= 0.6 is 0 Å². The van der Waals surface area contributed by atoms with Crippen molar-refractivity contribution in [1.29, 1.82) is 0 Å². The molecule has 0 aliphatic heterocycles. The molecule has 0 bridgehead atoms. The van der Waals surface area contributed by atoms with E-state index in [1.807, 2.05) is 13.8 Å². The van der Waals surface area contributed by atoms with Crippen molar-refractivity contribution in [1.82, 2.24) is 0 Å². The van der Waals surface area contributed by atoms with Crippen LogP contribution in [0.1, 0.15) is 13.8 Å². The molecule has 0 rings (SSSR count). The summed E-state index contributed by atoms with van der Waals surface area (Å²) in [4.78, 5) is 0. The smallest absolute Gasteiger partial charge is 0.0970 e. The number of rotatable bonds is 7. The van der Waals surface area contributed by atoms with Crippen LogP contribution in [0.3, 0.4) is 0 Å². The molecule has 0 aromatic carbocycles. The molecular formula is C8H20N2O2. The molecule has 0 aromatic rings. The van der Waals surface area contributed by atoms with E-state index in [1.165, 1.54) is 0 Å². The first-order valence-corrected chi connectivity index (χ1v) is 4.43. The average Bonchev–Trinajstić information content (AvgIpc) is 2.11. The molecule has 1 unspecified atom stereocenters. The van der Waals surface area contributed by atoms with Crippen LogP contribution in [0.25, 0.3) is 0 Å². The van der Waals surface area contributed by atoms with Crippen molar-refractivity contribution in [3.8, 4) is 0 Å². The van der Waals surface area contributed by atoms with Crippen LogP contribution in [-0.2, 0) is 9.47 Å². The molecule has 0 saturated heterocycles. The van der Waals surface area contributed by atoms with E-state index < -0.39 is 0 Å². The standard InChI is InChI=1S/C8H20N2O2/c1-3-11-7(5-9)8(6-10)12-4-2/h7-8H,3-6,9-10H2,1-2H3/t7-,8?/m0/s1. The zero-order chi connectivity index (χ0) is 9.40. The lowest BCUT2D eigenvalue weighted by Crippen LogP contribution is -2.42. The van der Waals surface area contributed by atoms with Gasteiger partial charge in [-0.3, -0.25) is 0 Å². The summed E-state index contributed by atoms with van der Waals surface area (Å²) in [5, 5.41) is 0. The topological polar surface area (TPSA) is 70.5 Å². The highest BCUT2D eigenvalue weighted by molar-refractivity contribution is 4.72. The van der Waals surface area contributed by atoms with Gasteiger partial charge in [-0.05, 0) is 13.8 Å². The molecule has 4 heteroatoms. The van der Waals surface area contributed by atoms with Crippen LogP contribution in [-0.4, -0.2) is 38.5 Å². The van der Waals surface area contributed by atoms with Gasteiger partial charge in [-0.25, -0.2) is 0 Å². The third-order valence-corrected chi connectivity index (χ3v) is 1.64. The normalized spacial score (nSPS) is 16.0. The van der Waals surface area contributed by atoms with E-state index in [1.54, 1.807) is 0 Å². The molecule has 2 atom stereocenters. The van der Waals surface area contributed by atoms with Crippen LogP contribution in [0.15, 0.2) is 0 Å². The molecule has 0 aliphatic rings. The highest BCUT2D eigenvalue weighted by Gasteiger charge is 2.18. The van der Waals surface area contributed by atoms with Crippen LogP contribution in [0.5, 0.6) is 0 Å². The maximum Gasteiger partial charge on any atom is 0.0970 e. The van der Waals surface area contributed by atoms with Crippen molar-refractivity contribution in [3.05, 3.63) is 0 Å². The minimum atomic E-state index is -0.0695. The molecule has 0 fully saturated rings. The van der Waals surface area contributed by atoms with Crippen molar-refractivity contribution in [2.45, 2.75) is 26.1 Å². The molecular weight excluding hydrogens is 156 g/mol. The first-order chi connectivity index (χ1) is 5.79. The van der Waals surface area contributed by atoms with Gasteiger partial charge >= 0.3 is 0 Å².